The van der Waals surface area contributed by atoms with Crippen LogP contribution in [0, 0.1) is 0 Å². The molecule has 9 heteroatoms. The van der Waals surface area contributed by atoms with Crippen LogP contribution in [0.25, 0.3) is 0 Å². The Bertz CT molecular complexity index is 1240. The molecule has 9 nitrogen and oxygen atoms in total. The first-order chi connectivity index (χ1) is 18.7. The Morgan fingerprint density at radius 3 is 1.49 bits per heavy atom. The molecule has 0 aromatic heterocycles. The zero-order chi connectivity index (χ0) is 28.2. The van der Waals surface area contributed by atoms with Crippen molar-refractivity contribution in [1.82, 2.24) is 16.0 Å². The Morgan fingerprint density at radius 2 is 1.03 bits per heavy atom. The second kappa shape index (κ2) is 14.4. The largest absolute Gasteiger partial charge is 0.480 e. The number of aliphatic carboxylic acids is 1. The summed E-state index contributed by atoms with van der Waals surface area (Å²) in [7, 11) is 0. The van der Waals surface area contributed by atoms with Gasteiger partial charge in [-0.25, -0.2) is 4.79 Å². The molecule has 0 heterocycles. The summed E-state index contributed by atoms with van der Waals surface area (Å²) in [5, 5.41) is 17.5. The first-order valence-corrected chi connectivity index (χ1v) is 12.7. The van der Waals surface area contributed by atoms with Crippen LogP contribution in [-0.2, 0) is 38.4 Å². The fourth-order valence-corrected chi connectivity index (χ4v) is 4.02. The van der Waals surface area contributed by atoms with Crippen molar-refractivity contribution >= 4 is 23.7 Å². The maximum atomic E-state index is 13.2. The number of nitrogens with one attached hydrogen (secondary N) is 3. The van der Waals surface area contributed by atoms with E-state index in [0.29, 0.717) is 6.42 Å². The summed E-state index contributed by atoms with van der Waals surface area (Å²) >= 11 is 0. The van der Waals surface area contributed by atoms with E-state index in [-0.39, 0.29) is 12.8 Å². The molecule has 0 aliphatic heterocycles. The highest BCUT2D eigenvalue weighted by Gasteiger charge is 2.29. The van der Waals surface area contributed by atoms with Gasteiger partial charge in [0.1, 0.15) is 18.1 Å². The highest BCUT2D eigenvalue weighted by molar-refractivity contribution is 5.94. The van der Waals surface area contributed by atoms with Gasteiger partial charge < -0.3 is 26.8 Å². The number of amides is 3. The van der Waals surface area contributed by atoms with Crippen molar-refractivity contribution in [2.75, 3.05) is 0 Å². The summed E-state index contributed by atoms with van der Waals surface area (Å²) in [5.74, 6) is -2.93. The molecule has 3 rings (SSSR count). The summed E-state index contributed by atoms with van der Waals surface area (Å²) in [6, 6.07) is 23.2. The Hall–Kier alpha value is -4.50. The molecule has 0 bridgehead atoms. The fourth-order valence-electron chi connectivity index (χ4n) is 4.02. The lowest BCUT2D eigenvalue weighted by molar-refractivity contribution is -0.142. The number of nitrogens with two attached hydrogens (primary N) is 1. The molecule has 0 aliphatic rings. The molecular formula is C30H34N4O5. The maximum absolute atomic E-state index is 13.2. The van der Waals surface area contributed by atoms with Crippen molar-refractivity contribution in [2.24, 2.45) is 5.73 Å². The van der Waals surface area contributed by atoms with E-state index in [2.05, 4.69) is 16.0 Å². The Kier molecular flexibility index (Phi) is 10.8. The average Bonchev–Trinajstić information content (AvgIpc) is 2.93. The summed E-state index contributed by atoms with van der Waals surface area (Å²) in [5.41, 5.74) is 8.44. The number of hydrogen-bond donors (Lipinski definition) is 5. The molecule has 0 aliphatic carbocycles. The second-order valence-corrected chi connectivity index (χ2v) is 9.37. The van der Waals surface area contributed by atoms with Crippen molar-refractivity contribution in [3.8, 4) is 0 Å². The van der Waals surface area contributed by atoms with Crippen LogP contribution in [0.15, 0.2) is 91.0 Å². The lowest BCUT2D eigenvalue weighted by atomic mass is 10.0. The van der Waals surface area contributed by atoms with Gasteiger partial charge in [0.05, 0.1) is 6.04 Å². The summed E-state index contributed by atoms with van der Waals surface area (Å²) < 4.78 is 0. The zero-order valence-corrected chi connectivity index (χ0v) is 21.7. The molecule has 0 saturated heterocycles. The van der Waals surface area contributed by atoms with Crippen LogP contribution in [0.4, 0.5) is 0 Å². The molecule has 4 atom stereocenters. The van der Waals surface area contributed by atoms with Gasteiger partial charge in [0.2, 0.25) is 17.7 Å². The predicted octanol–water partition coefficient (Wildman–Crippen LogP) is 1.60. The highest BCUT2D eigenvalue weighted by atomic mass is 16.4. The van der Waals surface area contributed by atoms with Crippen LogP contribution in [0.3, 0.4) is 0 Å². The van der Waals surface area contributed by atoms with E-state index in [9.17, 15) is 24.3 Å². The summed E-state index contributed by atoms with van der Waals surface area (Å²) in [6.07, 6.45) is 0.516. The Morgan fingerprint density at radius 1 is 0.615 bits per heavy atom. The van der Waals surface area contributed by atoms with Gasteiger partial charge in [0, 0.05) is 12.8 Å². The van der Waals surface area contributed by atoms with Gasteiger partial charge in [-0.05, 0) is 30.0 Å². The van der Waals surface area contributed by atoms with Crippen LogP contribution in [0.5, 0.6) is 0 Å². The first-order valence-electron chi connectivity index (χ1n) is 12.7. The van der Waals surface area contributed by atoms with E-state index in [4.69, 9.17) is 5.73 Å². The third kappa shape index (κ3) is 9.39. The van der Waals surface area contributed by atoms with E-state index < -0.39 is 47.9 Å². The smallest absolute Gasteiger partial charge is 0.326 e. The number of carboxylic acids is 1. The number of benzene rings is 3. The minimum atomic E-state index is -1.19. The average molecular weight is 531 g/mol. The van der Waals surface area contributed by atoms with Crippen LogP contribution < -0.4 is 21.7 Å². The maximum Gasteiger partial charge on any atom is 0.326 e. The minimum absolute atomic E-state index is 0.0830. The lowest BCUT2D eigenvalue weighted by Crippen LogP contribution is -2.57. The van der Waals surface area contributed by atoms with E-state index >= 15 is 0 Å². The third-order valence-corrected chi connectivity index (χ3v) is 6.20. The van der Waals surface area contributed by atoms with Gasteiger partial charge in [-0.1, -0.05) is 91.0 Å². The number of hydrogen-bond acceptors (Lipinski definition) is 5. The van der Waals surface area contributed by atoms with Crippen molar-refractivity contribution < 1.29 is 24.3 Å². The van der Waals surface area contributed by atoms with Crippen molar-refractivity contribution in [3.63, 3.8) is 0 Å². The van der Waals surface area contributed by atoms with E-state index in [1.54, 1.807) is 48.5 Å². The van der Waals surface area contributed by atoms with Gasteiger partial charge in [-0.2, -0.15) is 0 Å². The molecule has 3 aromatic rings. The minimum Gasteiger partial charge on any atom is -0.480 e. The molecule has 39 heavy (non-hydrogen) atoms. The zero-order valence-electron chi connectivity index (χ0n) is 21.7. The van der Waals surface area contributed by atoms with Crippen LogP contribution in [-0.4, -0.2) is 53.0 Å². The monoisotopic (exact) mass is 530 g/mol. The van der Waals surface area contributed by atoms with Gasteiger partial charge >= 0.3 is 5.97 Å². The Balaban J connectivity index is 1.66. The van der Waals surface area contributed by atoms with E-state index in [0.717, 1.165) is 16.7 Å². The molecule has 4 unspecified atom stereocenters. The molecule has 0 spiro atoms. The molecular weight excluding hydrogens is 496 g/mol. The predicted molar refractivity (Wildman–Crippen MR) is 148 cm³/mol. The molecule has 3 amide bonds. The van der Waals surface area contributed by atoms with Crippen LogP contribution in [0.1, 0.15) is 23.6 Å². The molecule has 0 fully saturated rings. The van der Waals surface area contributed by atoms with Crippen molar-refractivity contribution in [1.29, 1.82) is 0 Å². The SMILES string of the molecule is CC(NC(=O)C(N)Cc1ccccc1)C(=O)NC(Cc1ccccc1)C(=O)NC(Cc1ccccc1)C(=O)O. The van der Waals surface area contributed by atoms with E-state index in [1.165, 1.54) is 6.92 Å². The first kappa shape index (κ1) is 29.1. The van der Waals surface area contributed by atoms with Crippen molar-refractivity contribution in [2.45, 2.75) is 50.4 Å². The molecule has 0 saturated carbocycles. The van der Waals surface area contributed by atoms with Gasteiger partial charge in [0.15, 0.2) is 0 Å². The molecule has 6 N–H and O–H groups in total. The van der Waals surface area contributed by atoms with E-state index in [1.807, 2.05) is 42.5 Å². The lowest BCUT2D eigenvalue weighted by Gasteiger charge is -2.24. The molecule has 3 aromatic carbocycles. The summed E-state index contributed by atoms with van der Waals surface area (Å²) in [6.45, 7) is 1.50. The van der Waals surface area contributed by atoms with Gasteiger partial charge in [-0.15, -0.1) is 0 Å². The molecule has 0 radical (unpaired) electrons. The van der Waals surface area contributed by atoms with Gasteiger partial charge in [-0.3, -0.25) is 14.4 Å². The van der Waals surface area contributed by atoms with Gasteiger partial charge in [0.25, 0.3) is 0 Å². The third-order valence-electron chi connectivity index (χ3n) is 6.20. The topological polar surface area (TPSA) is 151 Å². The number of carbonyl (C=O) groups is 4. The standard InChI is InChI=1S/C30H34N4O5/c1-20(32-28(36)24(31)17-21-11-5-2-6-12-21)27(35)33-25(18-22-13-7-3-8-14-22)29(37)34-26(30(38)39)19-23-15-9-4-10-16-23/h2-16,20,24-26H,17-19,31H2,1H3,(H,32,36)(H,33,35)(H,34,37)(H,38,39). The molecule has 204 valence electrons. The Labute approximate surface area is 227 Å². The normalized spacial score (nSPS) is 13.8. The van der Waals surface area contributed by atoms with Crippen LogP contribution in [0.2, 0.25) is 0 Å². The highest BCUT2D eigenvalue weighted by Crippen LogP contribution is 2.08. The van der Waals surface area contributed by atoms with Crippen LogP contribution >= 0.6 is 0 Å². The summed E-state index contributed by atoms with van der Waals surface area (Å²) in [4.78, 5) is 50.8. The fraction of sp³-hybridized carbons (Fsp3) is 0.267. The number of carbonyl (C=O) groups excluding carboxylic acids is 3. The second-order valence-electron chi connectivity index (χ2n) is 9.37. The number of carboxylic acid groups (broad SMARTS) is 1. The van der Waals surface area contributed by atoms with Crippen molar-refractivity contribution in [3.05, 3.63) is 108 Å². The number of rotatable bonds is 13. The quantitative estimate of drug-likeness (QED) is 0.227.